The lowest BCUT2D eigenvalue weighted by atomic mass is 10.0. The van der Waals surface area contributed by atoms with E-state index in [1.54, 1.807) is 11.3 Å². The zero-order valence-electron chi connectivity index (χ0n) is 10.7. The molecule has 1 aromatic carbocycles. The van der Waals surface area contributed by atoms with E-state index < -0.39 is 0 Å². The van der Waals surface area contributed by atoms with Crippen LogP contribution < -0.4 is 5.73 Å². The van der Waals surface area contributed by atoms with Crippen molar-refractivity contribution in [1.29, 1.82) is 0 Å². The lowest BCUT2D eigenvalue weighted by Crippen LogP contribution is -2.14. The van der Waals surface area contributed by atoms with Crippen LogP contribution in [0.1, 0.15) is 22.3 Å². The third-order valence-electron chi connectivity index (χ3n) is 3.16. The molecule has 0 saturated carbocycles. The van der Waals surface area contributed by atoms with Crippen molar-refractivity contribution in [2.45, 2.75) is 19.4 Å². The van der Waals surface area contributed by atoms with Crippen molar-refractivity contribution >= 4 is 22.1 Å². The van der Waals surface area contributed by atoms with Crippen LogP contribution in [0.4, 0.5) is 0 Å². The zero-order chi connectivity index (χ0) is 13.2. The van der Waals surface area contributed by atoms with E-state index >= 15 is 0 Å². The summed E-state index contributed by atoms with van der Waals surface area (Å²) in [5, 5.41) is 5.45. The summed E-state index contributed by atoms with van der Waals surface area (Å²) in [7, 11) is 0. The molecule has 1 unspecified atom stereocenters. The van der Waals surface area contributed by atoms with Gasteiger partial charge in [-0.25, -0.2) is 4.98 Å². The molecule has 0 spiro atoms. The second-order valence-corrected chi connectivity index (χ2v) is 5.59. The Morgan fingerprint density at radius 1 is 1.26 bits per heavy atom. The summed E-state index contributed by atoms with van der Waals surface area (Å²) in [6.45, 7) is 2.00. The second-order valence-electron chi connectivity index (χ2n) is 4.64. The van der Waals surface area contributed by atoms with Gasteiger partial charge >= 0.3 is 0 Å². The molecule has 3 rings (SSSR count). The molecule has 0 bridgehead atoms. The molecule has 0 aliphatic rings. The van der Waals surface area contributed by atoms with Gasteiger partial charge in [-0.15, -0.1) is 11.3 Å². The summed E-state index contributed by atoms with van der Waals surface area (Å²) < 4.78 is 0. The Kier molecular flexibility index (Phi) is 3.27. The highest BCUT2D eigenvalue weighted by molar-refractivity contribution is 7.09. The Hall–Kier alpha value is -1.78. The van der Waals surface area contributed by atoms with E-state index in [0.29, 0.717) is 0 Å². The zero-order valence-corrected chi connectivity index (χ0v) is 11.5. The lowest BCUT2D eigenvalue weighted by Gasteiger charge is -2.12. The van der Waals surface area contributed by atoms with Crippen LogP contribution in [0.15, 0.2) is 42.0 Å². The molecule has 96 valence electrons. The Bertz CT molecular complexity index is 700. The predicted octanol–water partition coefficient (Wildman–Crippen LogP) is 3.24. The fraction of sp³-hybridized carbons (Fsp3) is 0.200. The van der Waals surface area contributed by atoms with E-state index in [1.807, 2.05) is 31.5 Å². The third-order valence-corrected chi connectivity index (χ3v) is 4.15. The van der Waals surface area contributed by atoms with E-state index in [4.69, 9.17) is 5.73 Å². The number of aromatic nitrogens is 2. The second kappa shape index (κ2) is 5.07. The van der Waals surface area contributed by atoms with Gasteiger partial charge in [0, 0.05) is 41.3 Å². The molecule has 0 radical (unpaired) electrons. The average Bonchev–Trinajstić information content (AvgIpc) is 2.83. The number of nitrogens with zero attached hydrogens (tertiary/aromatic N) is 2. The Balaban J connectivity index is 1.95. The Morgan fingerprint density at radius 2 is 2.11 bits per heavy atom. The van der Waals surface area contributed by atoms with E-state index in [0.717, 1.165) is 28.1 Å². The molecule has 0 amide bonds. The molecule has 0 saturated heterocycles. The van der Waals surface area contributed by atoms with Crippen molar-refractivity contribution < 1.29 is 0 Å². The normalized spacial score (nSPS) is 12.7. The molecule has 2 heterocycles. The van der Waals surface area contributed by atoms with E-state index in [2.05, 4.69) is 27.5 Å². The first-order valence-corrected chi connectivity index (χ1v) is 7.11. The fourth-order valence-corrected chi connectivity index (χ4v) is 3.06. The van der Waals surface area contributed by atoms with Crippen LogP contribution in [0.25, 0.3) is 10.8 Å². The van der Waals surface area contributed by atoms with Gasteiger partial charge < -0.3 is 5.73 Å². The van der Waals surface area contributed by atoms with Crippen LogP contribution in [-0.4, -0.2) is 9.97 Å². The van der Waals surface area contributed by atoms with Gasteiger partial charge in [-0.3, -0.25) is 4.98 Å². The van der Waals surface area contributed by atoms with Gasteiger partial charge in [0.25, 0.3) is 0 Å². The minimum Gasteiger partial charge on any atom is -0.324 e. The highest BCUT2D eigenvalue weighted by Crippen LogP contribution is 2.25. The molecule has 3 aromatic rings. The number of aryl methyl sites for hydroxylation is 1. The van der Waals surface area contributed by atoms with Crippen molar-refractivity contribution in [3.63, 3.8) is 0 Å². The molecule has 3 nitrogen and oxygen atoms in total. The van der Waals surface area contributed by atoms with Crippen LogP contribution in [0, 0.1) is 6.92 Å². The molecule has 0 fully saturated rings. The summed E-state index contributed by atoms with van der Waals surface area (Å²) in [6.07, 6.45) is 4.50. The quantitative estimate of drug-likeness (QED) is 0.794. The van der Waals surface area contributed by atoms with E-state index in [-0.39, 0.29) is 6.04 Å². The van der Waals surface area contributed by atoms with Crippen LogP contribution in [0.3, 0.4) is 0 Å². The number of thiazole rings is 1. The first-order chi connectivity index (χ1) is 9.24. The van der Waals surface area contributed by atoms with Crippen molar-refractivity contribution in [1.82, 2.24) is 9.97 Å². The molecular weight excluding hydrogens is 254 g/mol. The van der Waals surface area contributed by atoms with Crippen molar-refractivity contribution in [2.75, 3.05) is 0 Å². The molecule has 2 aromatic heterocycles. The number of hydrogen-bond acceptors (Lipinski definition) is 4. The molecule has 0 aliphatic carbocycles. The van der Waals surface area contributed by atoms with Crippen LogP contribution in [0.5, 0.6) is 0 Å². The first-order valence-electron chi connectivity index (χ1n) is 6.23. The molecular formula is C15H15N3S. The fourth-order valence-electron chi connectivity index (χ4n) is 2.23. The Labute approximate surface area is 116 Å². The maximum Gasteiger partial charge on any atom is 0.0947 e. The minimum atomic E-state index is -0.0656. The number of hydrogen-bond donors (Lipinski definition) is 1. The molecule has 1 atom stereocenters. The first kappa shape index (κ1) is 12.3. The topological polar surface area (TPSA) is 51.8 Å². The summed E-state index contributed by atoms with van der Waals surface area (Å²) in [6, 6.07) is 8.14. The van der Waals surface area contributed by atoms with Crippen molar-refractivity contribution in [2.24, 2.45) is 5.73 Å². The minimum absolute atomic E-state index is 0.0656. The van der Waals surface area contributed by atoms with Crippen molar-refractivity contribution in [3.05, 3.63) is 58.3 Å². The van der Waals surface area contributed by atoms with E-state index in [9.17, 15) is 0 Å². The van der Waals surface area contributed by atoms with Crippen LogP contribution in [0.2, 0.25) is 0 Å². The van der Waals surface area contributed by atoms with E-state index in [1.165, 1.54) is 5.39 Å². The van der Waals surface area contributed by atoms with Gasteiger partial charge in [-0.2, -0.15) is 0 Å². The molecule has 2 N–H and O–H groups in total. The summed E-state index contributed by atoms with van der Waals surface area (Å²) in [5.41, 5.74) is 8.48. The highest BCUT2D eigenvalue weighted by atomic mass is 32.1. The summed E-state index contributed by atoms with van der Waals surface area (Å²) >= 11 is 1.67. The molecule has 19 heavy (non-hydrogen) atoms. The van der Waals surface area contributed by atoms with Gasteiger partial charge in [0.15, 0.2) is 0 Å². The number of benzene rings is 1. The van der Waals surface area contributed by atoms with Gasteiger partial charge in [0.05, 0.1) is 5.01 Å². The monoisotopic (exact) mass is 269 g/mol. The van der Waals surface area contributed by atoms with Crippen molar-refractivity contribution in [3.8, 4) is 0 Å². The largest absolute Gasteiger partial charge is 0.324 e. The maximum atomic E-state index is 6.33. The van der Waals surface area contributed by atoms with Gasteiger partial charge in [-0.05, 0) is 17.9 Å². The van der Waals surface area contributed by atoms with Crippen LogP contribution >= 0.6 is 11.3 Å². The number of pyridine rings is 1. The van der Waals surface area contributed by atoms with Crippen LogP contribution in [-0.2, 0) is 6.42 Å². The SMILES string of the molecule is Cc1csc(CC(N)c2cncc3ccccc23)n1. The van der Waals surface area contributed by atoms with Gasteiger partial charge in [0.1, 0.15) is 0 Å². The Morgan fingerprint density at radius 3 is 2.89 bits per heavy atom. The summed E-state index contributed by atoms with van der Waals surface area (Å²) in [5.74, 6) is 0. The lowest BCUT2D eigenvalue weighted by molar-refractivity contribution is 0.719. The third kappa shape index (κ3) is 2.50. The van der Waals surface area contributed by atoms with Gasteiger partial charge in [-0.1, -0.05) is 24.3 Å². The maximum absolute atomic E-state index is 6.33. The summed E-state index contributed by atoms with van der Waals surface area (Å²) in [4.78, 5) is 8.76. The standard InChI is InChI=1S/C15H15N3S/c1-10-9-19-15(18-10)6-14(16)13-8-17-7-11-4-2-3-5-12(11)13/h2-5,7-9,14H,6,16H2,1H3. The molecule has 4 heteroatoms. The van der Waals surface area contributed by atoms with Gasteiger partial charge in [0.2, 0.25) is 0 Å². The number of rotatable bonds is 3. The smallest absolute Gasteiger partial charge is 0.0947 e. The number of fused-ring (bicyclic) bond motifs is 1. The average molecular weight is 269 g/mol. The predicted molar refractivity (Wildman–Crippen MR) is 79.2 cm³/mol. The molecule has 0 aliphatic heterocycles. The highest BCUT2D eigenvalue weighted by Gasteiger charge is 2.12. The number of nitrogens with two attached hydrogens (primary N) is 1.